The standard InChI is InChI=1S/C14H21N3O3/c1-5-8(3)12(14(19)20)15-13(18)10-7-9(4)16-17-11(10)6-2/h7-8,12H,5-6H2,1-4H3,(H,15,18)(H,19,20)/t8-,12-/m0/s1. The van der Waals surface area contributed by atoms with Gasteiger partial charge in [-0.05, 0) is 25.3 Å². The van der Waals surface area contributed by atoms with Crippen molar-refractivity contribution in [3.05, 3.63) is 23.0 Å². The highest BCUT2D eigenvalue weighted by molar-refractivity contribution is 5.97. The molecule has 1 aromatic heterocycles. The molecule has 2 atom stereocenters. The Bertz CT molecular complexity index is 502. The van der Waals surface area contributed by atoms with Crippen molar-refractivity contribution >= 4 is 11.9 Å². The molecule has 0 aliphatic rings. The van der Waals surface area contributed by atoms with E-state index in [0.717, 1.165) is 0 Å². The van der Waals surface area contributed by atoms with Crippen molar-refractivity contribution in [1.82, 2.24) is 15.5 Å². The SMILES string of the molecule is CCc1nnc(C)cc1C(=O)N[C@H](C(=O)O)[C@@H](C)CC. The van der Waals surface area contributed by atoms with Crippen molar-refractivity contribution in [2.45, 2.75) is 46.6 Å². The summed E-state index contributed by atoms with van der Waals surface area (Å²) in [5, 5.41) is 19.7. The van der Waals surface area contributed by atoms with Crippen LogP contribution in [0.2, 0.25) is 0 Å². The van der Waals surface area contributed by atoms with E-state index in [4.69, 9.17) is 0 Å². The third kappa shape index (κ3) is 3.76. The molecule has 1 amide bonds. The molecule has 1 rings (SSSR count). The summed E-state index contributed by atoms with van der Waals surface area (Å²) in [6.45, 7) is 7.31. The quantitative estimate of drug-likeness (QED) is 0.824. The van der Waals surface area contributed by atoms with Crippen molar-refractivity contribution in [2.24, 2.45) is 5.92 Å². The van der Waals surface area contributed by atoms with Gasteiger partial charge in [0, 0.05) is 0 Å². The molecule has 1 aromatic rings. The summed E-state index contributed by atoms with van der Waals surface area (Å²) in [6.07, 6.45) is 1.24. The number of aromatic nitrogens is 2. The molecule has 6 nitrogen and oxygen atoms in total. The molecule has 0 saturated heterocycles. The Balaban J connectivity index is 3.00. The van der Waals surface area contributed by atoms with Crippen molar-refractivity contribution in [3.8, 4) is 0 Å². The number of aliphatic carboxylic acids is 1. The number of nitrogens with zero attached hydrogens (tertiary/aromatic N) is 2. The zero-order valence-corrected chi connectivity index (χ0v) is 12.3. The minimum absolute atomic E-state index is 0.141. The van der Waals surface area contributed by atoms with E-state index in [2.05, 4.69) is 15.5 Å². The van der Waals surface area contributed by atoms with Gasteiger partial charge < -0.3 is 10.4 Å². The van der Waals surface area contributed by atoms with E-state index in [0.29, 0.717) is 29.8 Å². The minimum Gasteiger partial charge on any atom is -0.480 e. The molecule has 0 saturated carbocycles. The lowest BCUT2D eigenvalue weighted by molar-refractivity contribution is -0.140. The summed E-state index contributed by atoms with van der Waals surface area (Å²) >= 11 is 0. The molecule has 2 N–H and O–H groups in total. The zero-order valence-electron chi connectivity index (χ0n) is 12.3. The van der Waals surface area contributed by atoms with Crippen molar-refractivity contribution in [2.75, 3.05) is 0 Å². The summed E-state index contributed by atoms with van der Waals surface area (Å²) in [5.41, 5.74) is 1.60. The predicted octanol–water partition coefficient (Wildman–Crippen LogP) is 1.58. The number of amides is 1. The summed E-state index contributed by atoms with van der Waals surface area (Å²) in [4.78, 5) is 23.5. The molecule has 0 unspecified atom stereocenters. The summed E-state index contributed by atoms with van der Waals surface area (Å²) in [6, 6.07) is 0.738. The number of carboxylic acid groups (broad SMARTS) is 1. The Morgan fingerprint density at radius 1 is 1.35 bits per heavy atom. The lowest BCUT2D eigenvalue weighted by Gasteiger charge is -2.20. The van der Waals surface area contributed by atoms with E-state index >= 15 is 0 Å². The molecule has 0 spiro atoms. The highest BCUT2D eigenvalue weighted by Crippen LogP contribution is 2.12. The molecular formula is C14H21N3O3. The van der Waals surface area contributed by atoms with Crippen LogP contribution in [0.3, 0.4) is 0 Å². The minimum atomic E-state index is -1.02. The first-order valence-corrected chi connectivity index (χ1v) is 6.77. The number of hydrogen-bond donors (Lipinski definition) is 2. The van der Waals surface area contributed by atoms with E-state index < -0.39 is 17.9 Å². The maximum Gasteiger partial charge on any atom is 0.326 e. The van der Waals surface area contributed by atoms with Gasteiger partial charge in [0.1, 0.15) is 6.04 Å². The lowest BCUT2D eigenvalue weighted by Crippen LogP contribution is -2.45. The van der Waals surface area contributed by atoms with Crippen molar-refractivity contribution < 1.29 is 14.7 Å². The Hall–Kier alpha value is -1.98. The average Bonchev–Trinajstić information content (AvgIpc) is 2.43. The molecule has 6 heteroatoms. The Morgan fingerprint density at radius 3 is 2.50 bits per heavy atom. The normalized spacial score (nSPS) is 13.6. The fraction of sp³-hybridized carbons (Fsp3) is 0.571. The van der Waals surface area contributed by atoms with Gasteiger partial charge in [-0.1, -0.05) is 27.2 Å². The van der Waals surface area contributed by atoms with Gasteiger partial charge in [0.05, 0.1) is 17.0 Å². The van der Waals surface area contributed by atoms with Crippen LogP contribution in [-0.2, 0) is 11.2 Å². The van der Waals surface area contributed by atoms with Gasteiger partial charge in [-0.2, -0.15) is 10.2 Å². The second kappa shape index (κ2) is 6.98. The van der Waals surface area contributed by atoms with Gasteiger partial charge in [0.2, 0.25) is 0 Å². The van der Waals surface area contributed by atoms with E-state index in [9.17, 15) is 14.7 Å². The molecule has 20 heavy (non-hydrogen) atoms. The number of rotatable bonds is 6. The maximum absolute atomic E-state index is 12.3. The van der Waals surface area contributed by atoms with Crippen LogP contribution in [0.4, 0.5) is 0 Å². The first-order chi connectivity index (χ1) is 9.40. The molecule has 0 fully saturated rings. The number of nitrogens with one attached hydrogen (secondary N) is 1. The zero-order chi connectivity index (χ0) is 15.3. The average molecular weight is 279 g/mol. The van der Waals surface area contributed by atoms with Gasteiger partial charge in [0.15, 0.2) is 0 Å². The van der Waals surface area contributed by atoms with Gasteiger partial charge in [-0.25, -0.2) is 4.79 Å². The maximum atomic E-state index is 12.3. The van der Waals surface area contributed by atoms with Crippen LogP contribution in [0.1, 0.15) is 48.9 Å². The highest BCUT2D eigenvalue weighted by Gasteiger charge is 2.26. The monoisotopic (exact) mass is 279 g/mol. The van der Waals surface area contributed by atoms with Gasteiger partial charge in [-0.15, -0.1) is 0 Å². The number of aryl methyl sites for hydroxylation is 2. The van der Waals surface area contributed by atoms with Crippen LogP contribution in [-0.4, -0.2) is 33.2 Å². The van der Waals surface area contributed by atoms with E-state index in [1.54, 1.807) is 19.9 Å². The summed E-state index contributed by atoms with van der Waals surface area (Å²) in [5.74, 6) is -1.57. The third-order valence-electron chi connectivity index (χ3n) is 3.34. The fourth-order valence-corrected chi connectivity index (χ4v) is 1.87. The smallest absolute Gasteiger partial charge is 0.326 e. The molecule has 0 aromatic carbocycles. The van der Waals surface area contributed by atoms with Crippen LogP contribution in [0.15, 0.2) is 6.07 Å². The second-order valence-corrected chi connectivity index (χ2v) is 4.87. The van der Waals surface area contributed by atoms with Crippen LogP contribution < -0.4 is 5.32 Å². The van der Waals surface area contributed by atoms with Gasteiger partial charge in [0.25, 0.3) is 5.91 Å². The summed E-state index contributed by atoms with van der Waals surface area (Å²) in [7, 11) is 0. The lowest BCUT2D eigenvalue weighted by atomic mass is 9.98. The molecule has 0 aliphatic heterocycles. The number of carbonyl (C=O) groups is 2. The van der Waals surface area contributed by atoms with Crippen LogP contribution in [0.5, 0.6) is 0 Å². The predicted molar refractivity (Wildman–Crippen MR) is 74.5 cm³/mol. The number of carbonyl (C=O) groups excluding carboxylic acids is 1. The van der Waals surface area contributed by atoms with E-state index in [-0.39, 0.29) is 5.92 Å². The Labute approximate surface area is 118 Å². The Kier molecular flexibility index (Phi) is 5.61. The van der Waals surface area contributed by atoms with Crippen LogP contribution in [0.25, 0.3) is 0 Å². The van der Waals surface area contributed by atoms with Crippen molar-refractivity contribution in [3.63, 3.8) is 0 Å². The fourth-order valence-electron chi connectivity index (χ4n) is 1.87. The van der Waals surface area contributed by atoms with E-state index in [1.807, 2.05) is 13.8 Å². The molecule has 0 bridgehead atoms. The molecule has 110 valence electrons. The van der Waals surface area contributed by atoms with Crippen molar-refractivity contribution in [1.29, 1.82) is 0 Å². The first kappa shape index (κ1) is 16.1. The molecule has 1 heterocycles. The molecule has 0 aliphatic carbocycles. The summed E-state index contributed by atoms with van der Waals surface area (Å²) < 4.78 is 0. The number of hydrogen-bond acceptors (Lipinski definition) is 4. The van der Waals surface area contributed by atoms with E-state index in [1.165, 1.54) is 0 Å². The third-order valence-corrected chi connectivity index (χ3v) is 3.34. The van der Waals surface area contributed by atoms with Crippen LogP contribution in [0, 0.1) is 12.8 Å². The second-order valence-electron chi connectivity index (χ2n) is 4.87. The Morgan fingerprint density at radius 2 is 2.00 bits per heavy atom. The first-order valence-electron chi connectivity index (χ1n) is 6.77. The molecular weight excluding hydrogens is 258 g/mol. The highest BCUT2D eigenvalue weighted by atomic mass is 16.4. The topological polar surface area (TPSA) is 92.2 Å². The number of carboxylic acids is 1. The largest absolute Gasteiger partial charge is 0.480 e. The van der Waals surface area contributed by atoms with Crippen LogP contribution >= 0.6 is 0 Å². The molecule has 0 radical (unpaired) electrons. The van der Waals surface area contributed by atoms with Gasteiger partial charge in [-0.3, -0.25) is 4.79 Å². The van der Waals surface area contributed by atoms with Gasteiger partial charge >= 0.3 is 5.97 Å².